The van der Waals surface area contributed by atoms with Crippen LogP contribution in [0, 0.1) is 5.92 Å². The summed E-state index contributed by atoms with van der Waals surface area (Å²) in [6.45, 7) is 1.33. The van der Waals surface area contributed by atoms with Crippen molar-refractivity contribution in [1.29, 1.82) is 0 Å². The summed E-state index contributed by atoms with van der Waals surface area (Å²) in [6, 6.07) is 9.24. The Morgan fingerprint density at radius 1 is 1.25 bits per heavy atom. The molecule has 126 valence electrons. The summed E-state index contributed by atoms with van der Waals surface area (Å²) in [5.41, 5.74) is 1.97. The lowest BCUT2D eigenvalue weighted by Gasteiger charge is -2.38. The number of aliphatic carboxylic acids is 1. The molecule has 2 aromatic rings. The maximum Gasteiger partial charge on any atom is 0.307 e. The number of rotatable bonds is 4. The van der Waals surface area contributed by atoms with Crippen molar-refractivity contribution in [2.75, 3.05) is 13.1 Å². The minimum Gasteiger partial charge on any atom is -0.481 e. The van der Waals surface area contributed by atoms with E-state index in [2.05, 4.69) is 9.88 Å². The van der Waals surface area contributed by atoms with Crippen LogP contribution in [0.3, 0.4) is 0 Å². The second-order valence-electron chi connectivity index (χ2n) is 6.02. The van der Waals surface area contributed by atoms with Crippen LogP contribution in [-0.4, -0.2) is 34.0 Å². The first-order valence-corrected chi connectivity index (χ1v) is 8.63. The number of likely N-dealkylation sites (tertiary alicyclic amines) is 1. The molecular weight excluding hydrogens is 347 g/mol. The molecule has 2 heterocycles. The number of pyridine rings is 1. The predicted molar refractivity (Wildman–Crippen MR) is 94.5 cm³/mol. The van der Waals surface area contributed by atoms with Gasteiger partial charge in [-0.15, -0.1) is 0 Å². The third-order valence-electron chi connectivity index (χ3n) is 4.45. The van der Waals surface area contributed by atoms with Crippen LogP contribution in [0.25, 0.3) is 0 Å². The topological polar surface area (TPSA) is 53.4 Å². The van der Waals surface area contributed by atoms with Gasteiger partial charge >= 0.3 is 5.97 Å². The number of nitrogens with zero attached hydrogens (tertiary/aromatic N) is 2. The highest BCUT2D eigenvalue weighted by atomic mass is 35.5. The van der Waals surface area contributed by atoms with Gasteiger partial charge in [0, 0.05) is 29.0 Å². The molecule has 1 fully saturated rings. The minimum absolute atomic E-state index is 0.111. The van der Waals surface area contributed by atoms with E-state index in [9.17, 15) is 9.90 Å². The molecule has 1 aliphatic heterocycles. The number of benzene rings is 1. The standard InChI is InChI=1S/C18H18Cl2N2O2/c19-14-3-4-15(16(20)10-14)17(12-5-7-21-8-6-12)22-9-1-2-13(11-22)18(23)24/h3-8,10,13,17H,1-2,9,11H2,(H,23,24). The number of aromatic nitrogens is 1. The van der Waals surface area contributed by atoms with E-state index in [1.54, 1.807) is 18.5 Å². The Morgan fingerprint density at radius 3 is 2.67 bits per heavy atom. The number of carboxylic acids is 1. The molecular formula is C18H18Cl2N2O2. The lowest BCUT2D eigenvalue weighted by molar-refractivity contribution is -0.143. The number of hydrogen-bond acceptors (Lipinski definition) is 3. The molecule has 4 nitrogen and oxygen atoms in total. The average molecular weight is 365 g/mol. The highest BCUT2D eigenvalue weighted by Gasteiger charge is 2.32. The Labute approximate surface area is 151 Å². The second kappa shape index (κ2) is 7.51. The zero-order valence-corrected chi connectivity index (χ0v) is 14.5. The van der Waals surface area contributed by atoms with E-state index in [1.807, 2.05) is 24.3 Å². The molecule has 1 aliphatic rings. The summed E-state index contributed by atoms with van der Waals surface area (Å²) < 4.78 is 0. The first kappa shape index (κ1) is 17.2. The molecule has 0 radical (unpaired) electrons. The fourth-order valence-electron chi connectivity index (χ4n) is 3.30. The van der Waals surface area contributed by atoms with Gasteiger partial charge in [-0.05, 0) is 54.8 Å². The van der Waals surface area contributed by atoms with E-state index in [0.29, 0.717) is 23.0 Å². The largest absolute Gasteiger partial charge is 0.481 e. The van der Waals surface area contributed by atoms with Crippen molar-refractivity contribution in [3.8, 4) is 0 Å². The van der Waals surface area contributed by atoms with Gasteiger partial charge in [0.1, 0.15) is 0 Å². The zero-order chi connectivity index (χ0) is 17.1. The summed E-state index contributed by atoms with van der Waals surface area (Å²) >= 11 is 12.5. The van der Waals surface area contributed by atoms with Crippen molar-refractivity contribution in [2.45, 2.75) is 18.9 Å². The first-order valence-electron chi connectivity index (χ1n) is 7.88. The van der Waals surface area contributed by atoms with Crippen molar-refractivity contribution in [2.24, 2.45) is 5.92 Å². The number of hydrogen-bond donors (Lipinski definition) is 1. The SMILES string of the molecule is O=C(O)C1CCCN(C(c2ccncc2)c2ccc(Cl)cc2Cl)C1. The van der Waals surface area contributed by atoms with Crippen LogP contribution < -0.4 is 0 Å². The van der Waals surface area contributed by atoms with E-state index in [4.69, 9.17) is 23.2 Å². The fourth-order valence-corrected chi connectivity index (χ4v) is 3.81. The van der Waals surface area contributed by atoms with Gasteiger partial charge in [0.15, 0.2) is 0 Å². The third-order valence-corrected chi connectivity index (χ3v) is 5.01. The van der Waals surface area contributed by atoms with Crippen LogP contribution in [-0.2, 0) is 4.79 Å². The molecule has 24 heavy (non-hydrogen) atoms. The summed E-state index contributed by atoms with van der Waals surface area (Å²) in [7, 11) is 0. The molecule has 2 atom stereocenters. The highest BCUT2D eigenvalue weighted by Crippen LogP contribution is 2.36. The summed E-state index contributed by atoms with van der Waals surface area (Å²) in [4.78, 5) is 17.7. The Bertz CT molecular complexity index is 724. The Hall–Kier alpha value is -1.62. The van der Waals surface area contributed by atoms with E-state index >= 15 is 0 Å². The number of halogens is 2. The van der Waals surface area contributed by atoms with Crippen LogP contribution in [0.1, 0.15) is 30.0 Å². The number of piperidine rings is 1. The molecule has 0 spiro atoms. The molecule has 0 amide bonds. The van der Waals surface area contributed by atoms with Gasteiger partial charge in [-0.3, -0.25) is 14.7 Å². The normalized spacial score (nSPS) is 19.8. The van der Waals surface area contributed by atoms with Crippen LogP contribution in [0.15, 0.2) is 42.7 Å². The zero-order valence-electron chi connectivity index (χ0n) is 13.0. The summed E-state index contributed by atoms with van der Waals surface area (Å²) in [6.07, 6.45) is 5.04. The monoisotopic (exact) mass is 364 g/mol. The molecule has 0 bridgehead atoms. The molecule has 1 aromatic carbocycles. The smallest absolute Gasteiger partial charge is 0.307 e. The van der Waals surface area contributed by atoms with Gasteiger partial charge in [0.2, 0.25) is 0 Å². The van der Waals surface area contributed by atoms with Crippen molar-refractivity contribution >= 4 is 29.2 Å². The van der Waals surface area contributed by atoms with E-state index < -0.39 is 5.97 Å². The molecule has 0 saturated carbocycles. The van der Waals surface area contributed by atoms with E-state index in [0.717, 1.165) is 24.1 Å². The van der Waals surface area contributed by atoms with Crippen LogP contribution in [0.2, 0.25) is 10.0 Å². The number of carbonyl (C=O) groups is 1. The maximum absolute atomic E-state index is 11.4. The first-order chi connectivity index (χ1) is 11.6. The Kier molecular flexibility index (Phi) is 5.39. The maximum atomic E-state index is 11.4. The van der Waals surface area contributed by atoms with Crippen molar-refractivity contribution in [1.82, 2.24) is 9.88 Å². The summed E-state index contributed by atoms with van der Waals surface area (Å²) in [5.74, 6) is -1.09. The summed E-state index contributed by atoms with van der Waals surface area (Å²) in [5, 5.41) is 10.6. The molecule has 1 N–H and O–H groups in total. The second-order valence-corrected chi connectivity index (χ2v) is 6.86. The molecule has 1 saturated heterocycles. The fraction of sp³-hybridized carbons (Fsp3) is 0.333. The molecule has 0 aliphatic carbocycles. The van der Waals surface area contributed by atoms with Crippen LogP contribution >= 0.6 is 23.2 Å². The van der Waals surface area contributed by atoms with Crippen LogP contribution in [0.5, 0.6) is 0 Å². The van der Waals surface area contributed by atoms with Gasteiger partial charge < -0.3 is 5.11 Å². The lowest BCUT2D eigenvalue weighted by Crippen LogP contribution is -2.41. The van der Waals surface area contributed by atoms with Crippen molar-refractivity contribution in [3.63, 3.8) is 0 Å². The number of carboxylic acid groups (broad SMARTS) is 1. The molecule has 1 aromatic heterocycles. The van der Waals surface area contributed by atoms with Gasteiger partial charge in [-0.1, -0.05) is 29.3 Å². The minimum atomic E-state index is -0.740. The average Bonchev–Trinajstić information content (AvgIpc) is 2.58. The molecule has 2 unspecified atom stereocenters. The van der Waals surface area contributed by atoms with E-state index in [1.165, 1.54) is 0 Å². The van der Waals surface area contributed by atoms with Crippen molar-refractivity contribution in [3.05, 3.63) is 63.9 Å². The Balaban J connectivity index is 2.01. The van der Waals surface area contributed by atoms with Crippen molar-refractivity contribution < 1.29 is 9.90 Å². The highest BCUT2D eigenvalue weighted by molar-refractivity contribution is 6.35. The van der Waals surface area contributed by atoms with E-state index in [-0.39, 0.29) is 12.0 Å². The molecule has 6 heteroatoms. The van der Waals surface area contributed by atoms with Gasteiger partial charge in [-0.2, -0.15) is 0 Å². The van der Waals surface area contributed by atoms with Gasteiger partial charge in [0.05, 0.1) is 12.0 Å². The van der Waals surface area contributed by atoms with Gasteiger partial charge in [0.25, 0.3) is 0 Å². The molecule has 3 rings (SSSR count). The van der Waals surface area contributed by atoms with Gasteiger partial charge in [-0.25, -0.2) is 0 Å². The third kappa shape index (κ3) is 3.72. The predicted octanol–water partition coefficient (Wildman–Crippen LogP) is 4.27. The lowest BCUT2D eigenvalue weighted by atomic mass is 9.92. The Morgan fingerprint density at radius 2 is 2.00 bits per heavy atom. The quantitative estimate of drug-likeness (QED) is 0.879. The van der Waals surface area contributed by atoms with Crippen LogP contribution in [0.4, 0.5) is 0 Å².